The van der Waals surface area contributed by atoms with Gasteiger partial charge in [0.25, 0.3) is 0 Å². The van der Waals surface area contributed by atoms with Crippen LogP contribution < -0.4 is 0 Å². The van der Waals surface area contributed by atoms with Crippen molar-refractivity contribution in [2.24, 2.45) is 0 Å². The first-order valence-corrected chi connectivity index (χ1v) is 6.68. The fraction of sp³-hybridized carbons (Fsp3) is 0. The number of nitrogens with zero attached hydrogens (tertiary/aromatic N) is 4. The van der Waals surface area contributed by atoms with Crippen molar-refractivity contribution in [1.82, 2.24) is 24.9 Å². The van der Waals surface area contributed by atoms with E-state index in [1.807, 2.05) is 36.4 Å². The van der Waals surface area contributed by atoms with Gasteiger partial charge in [0.2, 0.25) is 0 Å². The normalized spacial score (nSPS) is 11.8. The average Bonchev–Trinajstić information content (AvgIpc) is 3.03. The number of aromatic amines is 1. The second kappa shape index (κ2) is 3.73. The molecule has 0 unspecified atom stereocenters. The minimum Gasteiger partial charge on any atom is -0.350 e. The predicted octanol–water partition coefficient (Wildman–Crippen LogP) is 3.21. The topological polar surface area (TPSA) is 67.3 Å². The van der Waals surface area contributed by atoms with E-state index in [1.54, 1.807) is 12.5 Å². The fourth-order valence-corrected chi connectivity index (χ4v) is 2.82. The lowest BCUT2D eigenvalue weighted by molar-refractivity contribution is 1.34. The third-order valence-corrected chi connectivity index (χ3v) is 3.75. The molecule has 0 bridgehead atoms. The largest absolute Gasteiger partial charge is 0.350 e. The zero-order chi connectivity index (χ0) is 13.8. The SMILES string of the molecule is c1ccc2[nH]c3c(nc2c1)c1cccnc1c1ncnc13. The van der Waals surface area contributed by atoms with Crippen molar-refractivity contribution in [2.75, 3.05) is 0 Å². The molecule has 0 saturated heterocycles. The number of rotatable bonds is 0. The van der Waals surface area contributed by atoms with Crippen molar-refractivity contribution in [1.29, 1.82) is 0 Å². The zero-order valence-electron chi connectivity index (χ0n) is 10.9. The van der Waals surface area contributed by atoms with Crippen LogP contribution in [-0.4, -0.2) is 24.9 Å². The number of imidazole rings is 1. The molecule has 1 N–H and O–H groups in total. The lowest BCUT2D eigenvalue weighted by Gasteiger charge is -2.06. The molecule has 0 radical (unpaired) electrons. The first-order valence-electron chi connectivity index (χ1n) is 6.68. The van der Waals surface area contributed by atoms with Crippen LogP contribution in [0.25, 0.3) is 44.0 Å². The third-order valence-electron chi connectivity index (χ3n) is 3.75. The fourth-order valence-electron chi connectivity index (χ4n) is 2.82. The zero-order valence-corrected chi connectivity index (χ0v) is 10.9. The summed E-state index contributed by atoms with van der Waals surface area (Å²) in [5.74, 6) is 0. The van der Waals surface area contributed by atoms with Gasteiger partial charge in [0, 0.05) is 11.6 Å². The highest BCUT2D eigenvalue weighted by Crippen LogP contribution is 2.30. The molecule has 0 fully saturated rings. The summed E-state index contributed by atoms with van der Waals surface area (Å²) < 4.78 is 0. The van der Waals surface area contributed by atoms with Crippen molar-refractivity contribution >= 4 is 44.0 Å². The number of fused-ring (bicyclic) bond motifs is 7. The summed E-state index contributed by atoms with van der Waals surface area (Å²) in [6.07, 6.45) is 3.34. The highest BCUT2D eigenvalue weighted by atomic mass is 14.9. The van der Waals surface area contributed by atoms with Crippen LogP contribution in [0.5, 0.6) is 0 Å². The molecule has 0 aliphatic heterocycles. The molecule has 5 aromatic rings. The Morgan fingerprint density at radius 3 is 2.67 bits per heavy atom. The summed E-state index contributed by atoms with van der Waals surface area (Å²) in [4.78, 5) is 21.4. The molecular weight excluding hydrogens is 262 g/mol. The molecule has 5 heteroatoms. The monoisotopic (exact) mass is 271 g/mol. The molecule has 0 spiro atoms. The molecule has 3 aromatic heterocycles. The van der Waals surface area contributed by atoms with Gasteiger partial charge in [0.1, 0.15) is 22.9 Å². The average molecular weight is 271 g/mol. The van der Waals surface area contributed by atoms with E-state index in [0.717, 1.165) is 44.0 Å². The summed E-state index contributed by atoms with van der Waals surface area (Å²) >= 11 is 0. The van der Waals surface area contributed by atoms with E-state index < -0.39 is 0 Å². The summed E-state index contributed by atoms with van der Waals surface area (Å²) in [6.45, 7) is 0. The molecular formula is C16H9N5. The molecule has 5 nitrogen and oxygen atoms in total. The van der Waals surface area contributed by atoms with E-state index in [4.69, 9.17) is 4.98 Å². The smallest absolute Gasteiger partial charge is 0.119 e. The number of aromatic nitrogens is 5. The Hall–Kier alpha value is -3.08. The Kier molecular flexibility index (Phi) is 1.90. The van der Waals surface area contributed by atoms with E-state index in [9.17, 15) is 0 Å². The second-order valence-electron chi connectivity index (χ2n) is 4.95. The predicted molar refractivity (Wildman–Crippen MR) is 82.0 cm³/mol. The standard InChI is InChI=1S/C16H9N5/c1-2-6-11-10(5-1)20-13-9-4-3-7-17-12(9)14-15(16(13)21-11)19-8-18-14/h1-8,21H. The van der Waals surface area contributed by atoms with E-state index >= 15 is 0 Å². The Morgan fingerprint density at radius 2 is 1.67 bits per heavy atom. The van der Waals surface area contributed by atoms with Gasteiger partial charge in [0.05, 0.1) is 22.1 Å². The molecule has 3 heterocycles. The van der Waals surface area contributed by atoms with Crippen LogP contribution in [0, 0.1) is 0 Å². The number of hydrogen-bond donors (Lipinski definition) is 1. The van der Waals surface area contributed by atoms with Crippen molar-refractivity contribution in [3.8, 4) is 0 Å². The van der Waals surface area contributed by atoms with Crippen molar-refractivity contribution in [2.45, 2.75) is 0 Å². The lowest BCUT2D eigenvalue weighted by Crippen LogP contribution is -1.91. The maximum Gasteiger partial charge on any atom is 0.119 e. The molecule has 98 valence electrons. The Morgan fingerprint density at radius 1 is 0.762 bits per heavy atom. The molecule has 0 aliphatic rings. The van der Waals surface area contributed by atoms with Gasteiger partial charge in [-0.25, -0.2) is 15.0 Å². The van der Waals surface area contributed by atoms with Gasteiger partial charge in [-0.2, -0.15) is 0 Å². The van der Waals surface area contributed by atoms with Gasteiger partial charge >= 0.3 is 0 Å². The minimum atomic E-state index is 0.812. The van der Waals surface area contributed by atoms with Gasteiger partial charge in [-0.05, 0) is 24.3 Å². The Labute approximate surface area is 118 Å². The van der Waals surface area contributed by atoms with Gasteiger partial charge in [0.15, 0.2) is 0 Å². The number of benzene rings is 2. The summed E-state index contributed by atoms with van der Waals surface area (Å²) in [6, 6.07) is 11.9. The third kappa shape index (κ3) is 1.34. The summed E-state index contributed by atoms with van der Waals surface area (Å²) in [7, 11) is 0. The highest BCUT2D eigenvalue weighted by Gasteiger charge is 2.14. The van der Waals surface area contributed by atoms with Crippen LogP contribution in [0.4, 0.5) is 0 Å². The quantitative estimate of drug-likeness (QED) is 0.347. The molecule has 0 saturated carbocycles. The van der Waals surface area contributed by atoms with Crippen LogP contribution in [0.3, 0.4) is 0 Å². The Bertz CT molecular complexity index is 1140. The van der Waals surface area contributed by atoms with E-state index in [0.29, 0.717) is 0 Å². The van der Waals surface area contributed by atoms with Crippen molar-refractivity contribution in [3.63, 3.8) is 0 Å². The van der Waals surface area contributed by atoms with E-state index in [-0.39, 0.29) is 0 Å². The summed E-state index contributed by atoms with van der Waals surface area (Å²) in [5, 5.41) is 0.988. The van der Waals surface area contributed by atoms with Gasteiger partial charge in [-0.3, -0.25) is 4.98 Å². The minimum absolute atomic E-state index is 0.812. The molecule has 0 aliphatic carbocycles. The van der Waals surface area contributed by atoms with Gasteiger partial charge in [-0.15, -0.1) is 0 Å². The molecule has 0 atom stereocenters. The molecule has 21 heavy (non-hydrogen) atoms. The van der Waals surface area contributed by atoms with Crippen molar-refractivity contribution in [3.05, 3.63) is 48.9 Å². The number of nitrogens with one attached hydrogen (secondary N) is 1. The van der Waals surface area contributed by atoms with Crippen LogP contribution >= 0.6 is 0 Å². The van der Waals surface area contributed by atoms with E-state index in [1.165, 1.54) is 0 Å². The number of para-hydroxylation sites is 2. The number of hydrogen-bond acceptors (Lipinski definition) is 4. The first kappa shape index (κ1) is 10.7. The molecule has 2 aromatic carbocycles. The molecule has 5 rings (SSSR count). The van der Waals surface area contributed by atoms with Crippen LogP contribution in [0.1, 0.15) is 0 Å². The maximum absolute atomic E-state index is 4.80. The first-order chi connectivity index (χ1) is 10.4. The highest BCUT2D eigenvalue weighted by molar-refractivity contribution is 6.20. The second-order valence-corrected chi connectivity index (χ2v) is 4.95. The van der Waals surface area contributed by atoms with Crippen LogP contribution in [0.2, 0.25) is 0 Å². The molecule has 0 amide bonds. The number of H-pyrrole nitrogens is 1. The van der Waals surface area contributed by atoms with Gasteiger partial charge in [-0.1, -0.05) is 12.1 Å². The van der Waals surface area contributed by atoms with Crippen molar-refractivity contribution < 1.29 is 0 Å². The number of pyridine rings is 1. The maximum atomic E-state index is 4.80. The Balaban J connectivity index is 2.18. The van der Waals surface area contributed by atoms with Crippen LogP contribution in [0.15, 0.2) is 48.9 Å². The summed E-state index contributed by atoms with van der Waals surface area (Å²) in [5.41, 5.74) is 6.16. The lowest BCUT2D eigenvalue weighted by atomic mass is 10.1. The van der Waals surface area contributed by atoms with E-state index in [2.05, 4.69) is 19.9 Å². The van der Waals surface area contributed by atoms with Gasteiger partial charge < -0.3 is 4.98 Å². The van der Waals surface area contributed by atoms with Crippen LogP contribution in [-0.2, 0) is 0 Å².